The fourth-order valence-corrected chi connectivity index (χ4v) is 2.17. The smallest absolute Gasteiger partial charge is 0.137 e. The molecule has 0 amide bonds. The van der Waals surface area contributed by atoms with Crippen LogP contribution in [0.2, 0.25) is 0 Å². The predicted molar refractivity (Wildman–Crippen MR) is 75.8 cm³/mol. The van der Waals surface area contributed by atoms with E-state index >= 15 is 0 Å². The molecule has 104 valence electrons. The standard InChI is InChI=1S/C13H32N4/c1-8-12(15-9(2)3)13(14,16-10(4)5)17-11(6)7/h9-12,15-17H,8,14H2,1-7H3. The lowest BCUT2D eigenvalue weighted by atomic mass is 10.0. The molecule has 0 spiro atoms. The monoisotopic (exact) mass is 244 g/mol. The molecule has 17 heavy (non-hydrogen) atoms. The van der Waals surface area contributed by atoms with Crippen LogP contribution in [0.15, 0.2) is 0 Å². The van der Waals surface area contributed by atoms with Crippen LogP contribution in [0.25, 0.3) is 0 Å². The highest BCUT2D eigenvalue weighted by Gasteiger charge is 2.34. The van der Waals surface area contributed by atoms with Crippen LogP contribution in [0.3, 0.4) is 0 Å². The van der Waals surface area contributed by atoms with Gasteiger partial charge in [0, 0.05) is 18.1 Å². The minimum Gasteiger partial charge on any atom is -0.308 e. The molecule has 0 fully saturated rings. The van der Waals surface area contributed by atoms with Gasteiger partial charge < -0.3 is 5.32 Å². The quantitative estimate of drug-likeness (QED) is 0.487. The van der Waals surface area contributed by atoms with Crippen LogP contribution in [0.4, 0.5) is 0 Å². The van der Waals surface area contributed by atoms with E-state index in [1.54, 1.807) is 0 Å². The Hall–Kier alpha value is -0.160. The zero-order valence-corrected chi connectivity index (χ0v) is 12.6. The predicted octanol–water partition coefficient (Wildman–Crippen LogP) is 1.37. The average molecular weight is 244 g/mol. The van der Waals surface area contributed by atoms with E-state index in [1.807, 2.05) is 0 Å². The zero-order chi connectivity index (χ0) is 13.6. The Labute approximate surface area is 107 Å². The Balaban J connectivity index is 4.83. The van der Waals surface area contributed by atoms with Crippen molar-refractivity contribution in [2.24, 2.45) is 5.73 Å². The van der Waals surface area contributed by atoms with Gasteiger partial charge in [0.15, 0.2) is 0 Å². The van der Waals surface area contributed by atoms with E-state index in [0.29, 0.717) is 18.1 Å². The topological polar surface area (TPSA) is 62.1 Å². The molecule has 0 saturated heterocycles. The van der Waals surface area contributed by atoms with E-state index in [0.717, 1.165) is 6.42 Å². The van der Waals surface area contributed by atoms with E-state index in [1.165, 1.54) is 0 Å². The summed E-state index contributed by atoms with van der Waals surface area (Å²) in [4.78, 5) is 0. The first-order chi connectivity index (χ1) is 7.71. The number of hydrogen-bond acceptors (Lipinski definition) is 4. The molecule has 0 rings (SSSR count). The van der Waals surface area contributed by atoms with Gasteiger partial charge in [0.2, 0.25) is 0 Å². The summed E-state index contributed by atoms with van der Waals surface area (Å²) in [5.41, 5.74) is 6.52. The van der Waals surface area contributed by atoms with Crippen LogP contribution in [0.5, 0.6) is 0 Å². The van der Waals surface area contributed by atoms with Crippen molar-refractivity contribution in [1.29, 1.82) is 0 Å². The molecule has 1 atom stereocenters. The van der Waals surface area contributed by atoms with Crippen LogP contribution in [-0.4, -0.2) is 30.0 Å². The Bertz CT molecular complexity index is 192. The fraction of sp³-hybridized carbons (Fsp3) is 1.00. The van der Waals surface area contributed by atoms with Crippen LogP contribution in [-0.2, 0) is 0 Å². The summed E-state index contributed by atoms with van der Waals surface area (Å²) in [5.74, 6) is -0.568. The molecule has 0 radical (unpaired) electrons. The van der Waals surface area contributed by atoms with Crippen molar-refractivity contribution in [3.05, 3.63) is 0 Å². The number of nitrogens with one attached hydrogen (secondary N) is 3. The highest BCUT2D eigenvalue weighted by atomic mass is 15.3. The van der Waals surface area contributed by atoms with Crippen molar-refractivity contribution in [2.45, 2.75) is 84.8 Å². The maximum atomic E-state index is 6.52. The van der Waals surface area contributed by atoms with Gasteiger partial charge in [-0.3, -0.25) is 16.4 Å². The van der Waals surface area contributed by atoms with Crippen molar-refractivity contribution in [2.75, 3.05) is 0 Å². The lowest BCUT2D eigenvalue weighted by Crippen LogP contribution is -2.76. The molecule has 0 bridgehead atoms. The Kier molecular flexibility index (Phi) is 7.24. The van der Waals surface area contributed by atoms with E-state index in [4.69, 9.17) is 5.73 Å². The van der Waals surface area contributed by atoms with E-state index in [2.05, 4.69) is 64.4 Å². The third kappa shape index (κ3) is 6.36. The third-order valence-corrected chi connectivity index (χ3v) is 2.55. The van der Waals surface area contributed by atoms with Gasteiger partial charge in [0.25, 0.3) is 0 Å². The molecular formula is C13H32N4. The van der Waals surface area contributed by atoms with Gasteiger partial charge in [0.1, 0.15) is 5.79 Å². The molecule has 4 nitrogen and oxygen atoms in total. The Morgan fingerprint density at radius 2 is 1.29 bits per heavy atom. The van der Waals surface area contributed by atoms with Crippen molar-refractivity contribution in [1.82, 2.24) is 16.0 Å². The van der Waals surface area contributed by atoms with Gasteiger partial charge in [0.05, 0.1) is 6.04 Å². The maximum absolute atomic E-state index is 6.52. The fourth-order valence-electron chi connectivity index (χ4n) is 2.17. The van der Waals surface area contributed by atoms with Crippen molar-refractivity contribution in [3.8, 4) is 0 Å². The molecule has 0 heterocycles. The van der Waals surface area contributed by atoms with Crippen LogP contribution < -0.4 is 21.7 Å². The average Bonchev–Trinajstić information content (AvgIpc) is 2.10. The van der Waals surface area contributed by atoms with Crippen LogP contribution >= 0.6 is 0 Å². The number of rotatable bonds is 8. The second-order valence-electron chi connectivity index (χ2n) is 5.75. The summed E-state index contributed by atoms with van der Waals surface area (Å²) in [6.45, 7) is 14.9. The second kappa shape index (κ2) is 7.31. The van der Waals surface area contributed by atoms with Gasteiger partial charge in [-0.15, -0.1) is 0 Å². The van der Waals surface area contributed by atoms with E-state index < -0.39 is 5.79 Å². The molecule has 0 aliphatic heterocycles. The number of hydrogen-bond donors (Lipinski definition) is 4. The van der Waals surface area contributed by atoms with Gasteiger partial charge in [-0.2, -0.15) is 0 Å². The third-order valence-electron chi connectivity index (χ3n) is 2.55. The molecule has 0 aliphatic carbocycles. The molecule has 0 aromatic carbocycles. The molecule has 1 unspecified atom stereocenters. The summed E-state index contributed by atoms with van der Waals surface area (Å²) in [5, 5.41) is 10.4. The van der Waals surface area contributed by atoms with Crippen molar-refractivity contribution in [3.63, 3.8) is 0 Å². The summed E-state index contributed by atoms with van der Waals surface area (Å²) >= 11 is 0. The first-order valence-corrected chi connectivity index (χ1v) is 6.81. The molecule has 0 aromatic rings. The van der Waals surface area contributed by atoms with Crippen LogP contribution in [0.1, 0.15) is 54.9 Å². The van der Waals surface area contributed by atoms with Crippen LogP contribution in [0, 0.1) is 0 Å². The molecular weight excluding hydrogens is 212 g/mol. The summed E-state index contributed by atoms with van der Waals surface area (Å²) < 4.78 is 0. The van der Waals surface area contributed by atoms with Gasteiger partial charge in [-0.05, 0) is 34.1 Å². The molecule has 0 aliphatic rings. The van der Waals surface area contributed by atoms with Gasteiger partial charge >= 0.3 is 0 Å². The summed E-state index contributed by atoms with van der Waals surface area (Å²) in [6.07, 6.45) is 0.980. The summed E-state index contributed by atoms with van der Waals surface area (Å²) in [6, 6.07) is 1.31. The normalized spacial score (nSPS) is 15.0. The highest BCUT2D eigenvalue weighted by Crippen LogP contribution is 2.08. The van der Waals surface area contributed by atoms with Gasteiger partial charge in [-0.25, -0.2) is 0 Å². The molecule has 5 N–H and O–H groups in total. The van der Waals surface area contributed by atoms with E-state index in [9.17, 15) is 0 Å². The Morgan fingerprint density at radius 1 is 0.882 bits per heavy atom. The lowest BCUT2D eigenvalue weighted by molar-refractivity contribution is 0.150. The molecule has 0 aromatic heterocycles. The van der Waals surface area contributed by atoms with Crippen molar-refractivity contribution >= 4 is 0 Å². The molecule has 0 saturated carbocycles. The maximum Gasteiger partial charge on any atom is 0.137 e. The molecule has 4 heteroatoms. The first kappa shape index (κ1) is 16.8. The second-order valence-corrected chi connectivity index (χ2v) is 5.75. The number of nitrogens with two attached hydrogens (primary N) is 1. The zero-order valence-electron chi connectivity index (χ0n) is 12.6. The minimum absolute atomic E-state index is 0.201. The van der Waals surface area contributed by atoms with Gasteiger partial charge in [-0.1, -0.05) is 20.8 Å². The highest BCUT2D eigenvalue weighted by molar-refractivity contribution is 4.93. The first-order valence-electron chi connectivity index (χ1n) is 6.81. The summed E-state index contributed by atoms with van der Waals surface area (Å²) in [7, 11) is 0. The largest absolute Gasteiger partial charge is 0.308 e. The Morgan fingerprint density at radius 3 is 1.53 bits per heavy atom. The lowest BCUT2D eigenvalue weighted by Gasteiger charge is -2.42. The van der Waals surface area contributed by atoms with Crippen molar-refractivity contribution < 1.29 is 0 Å². The SMILES string of the molecule is CCC(NC(C)C)C(N)(NC(C)C)NC(C)C. The minimum atomic E-state index is -0.568. The van der Waals surface area contributed by atoms with E-state index in [-0.39, 0.29) is 6.04 Å².